The van der Waals surface area contributed by atoms with E-state index in [1.54, 1.807) is 24.9 Å². The molecule has 4 aromatic rings. The molecule has 190 valence electrons. The highest BCUT2D eigenvalue weighted by Gasteiger charge is 2.21. The number of benzene rings is 2. The summed E-state index contributed by atoms with van der Waals surface area (Å²) in [4.78, 5) is 11.8. The summed E-state index contributed by atoms with van der Waals surface area (Å²) >= 11 is 3.59. The molecule has 9 heteroatoms. The fourth-order valence-corrected chi connectivity index (χ4v) is 4.36. The predicted molar refractivity (Wildman–Crippen MR) is 147 cm³/mol. The second-order valence-electron chi connectivity index (χ2n) is 8.80. The number of aromatic nitrogens is 4. The zero-order chi connectivity index (χ0) is 25.7. The van der Waals surface area contributed by atoms with E-state index in [4.69, 9.17) is 14.5 Å². The van der Waals surface area contributed by atoms with Crippen molar-refractivity contribution in [2.75, 3.05) is 31.0 Å². The van der Waals surface area contributed by atoms with Crippen LogP contribution in [-0.2, 0) is 13.1 Å². The molecule has 2 heterocycles. The zero-order valence-electron chi connectivity index (χ0n) is 21.5. The fourth-order valence-electron chi connectivity index (χ4n) is 4.01. The highest BCUT2D eigenvalue weighted by Crippen LogP contribution is 2.29. The number of unbranched alkanes of at least 4 members (excludes halogenated alkanes) is 1. The van der Waals surface area contributed by atoms with Crippen molar-refractivity contribution in [3.05, 3.63) is 69.5 Å². The van der Waals surface area contributed by atoms with E-state index in [0.29, 0.717) is 24.7 Å². The van der Waals surface area contributed by atoms with Crippen LogP contribution in [0.5, 0.6) is 11.5 Å². The first-order valence-electron chi connectivity index (χ1n) is 12.1. The molecule has 0 spiro atoms. The molecular formula is C27H33BrN6O2. The van der Waals surface area contributed by atoms with Gasteiger partial charge < -0.3 is 19.7 Å². The van der Waals surface area contributed by atoms with Gasteiger partial charge in [-0.05, 0) is 82.7 Å². The predicted octanol–water partition coefficient (Wildman–Crippen LogP) is 5.94. The molecule has 0 radical (unpaired) electrons. The van der Waals surface area contributed by atoms with Gasteiger partial charge in [0.25, 0.3) is 0 Å². The molecule has 0 aliphatic heterocycles. The lowest BCUT2D eigenvalue weighted by Gasteiger charge is -2.26. The lowest BCUT2D eigenvalue weighted by Crippen LogP contribution is -2.26. The molecule has 0 atom stereocenters. The van der Waals surface area contributed by atoms with Crippen LogP contribution in [0, 0.1) is 13.8 Å². The number of halogens is 1. The van der Waals surface area contributed by atoms with Gasteiger partial charge in [0.05, 0.1) is 20.4 Å². The maximum atomic E-state index is 5.52. The average molecular weight is 554 g/mol. The third kappa shape index (κ3) is 5.73. The van der Waals surface area contributed by atoms with E-state index < -0.39 is 0 Å². The van der Waals surface area contributed by atoms with Crippen LogP contribution < -0.4 is 19.7 Å². The van der Waals surface area contributed by atoms with Gasteiger partial charge in [0.15, 0.2) is 11.5 Å². The number of anilines is 2. The van der Waals surface area contributed by atoms with E-state index in [9.17, 15) is 0 Å². The Hall–Kier alpha value is -3.33. The Morgan fingerprint density at radius 1 is 0.972 bits per heavy atom. The number of nitrogens with zero attached hydrogens (tertiary/aromatic N) is 5. The number of ether oxygens (including phenoxy) is 2. The van der Waals surface area contributed by atoms with E-state index >= 15 is 0 Å². The van der Waals surface area contributed by atoms with E-state index in [1.165, 1.54) is 11.1 Å². The summed E-state index contributed by atoms with van der Waals surface area (Å²) < 4.78 is 13.6. The van der Waals surface area contributed by atoms with Crippen molar-refractivity contribution in [2.45, 2.75) is 46.7 Å². The summed E-state index contributed by atoms with van der Waals surface area (Å²) in [7, 11) is 3.38. The first kappa shape index (κ1) is 25.8. The lowest BCUT2D eigenvalue weighted by atomic mass is 10.1. The van der Waals surface area contributed by atoms with Gasteiger partial charge in [-0.1, -0.05) is 25.5 Å². The van der Waals surface area contributed by atoms with Crippen molar-refractivity contribution in [3.63, 3.8) is 0 Å². The van der Waals surface area contributed by atoms with Crippen molar-refractivity contribution in [1.29, 1.82) is 0 Å². The number of imidazole rings is 1. The van der Waals surface area contributed by atoms with Crippen LogP contribution in [0.2, 0.25) is 0 Å². The minimum Gasteiger partial charge on any atom is -0.497 e. The van der Waals surface area contributed by atoms with Crippen LogP contribution in [0.25, 0.3) is 5.65 Å². The molecule has 2 aromatic heterocycles. The molecule has 0 amide bonds. The van der Waals surface area contributed by atoms with Crippen molar-refractivity contribution in [2.24, 2.45) is 0 Å². The first-order chi connectivity index (χ1) is 17.4. The van der Waals surface area contributed by atoms with Crippen LogP contribution in [0.4, 0.5) is 11.8 Å². The lowest BCUT2D eigenvalue weighted by molar-refractivity contribution is 0.414. The molecule has 0 unspecified atom stereocenters. The van der Waals surface area contributed by atoms with Crippen LogP contribution in [0.15, 0.2) is 47.2 Å². The minimum absolute atomic E-state index is 0.569. The van der Waals surface area contributed by atoms with Gasteiger partial charge in [-0.15, -0.1) is 5.10 Å². The Morgan fingerprint density at radius 3 is 2.14 bits per heavy atom. The molecule has 0 aliphatic carbocycles. The maximum Gasteiger partial charge on any atom is 0.243 e. The Bertz CT molecular complexity index is 1280. The topological polar surface area (TPSA) is 76.8 Å². The summed E-state index contributed by atoms with van der Waals surface area (Å²) in [6.07, 6.45) is 3.89. The molecule has 0 aliphatic rings. The third-order valence-electron chi connectivity index (χ3n) is 6.25. The molecule has 4 rings (SSSR count). The largest absolute Gasteiger partial charge is 0.497 e. The van der Waals surface area contributed by atoms with Crippen LogP contribution in [-0.4, -0.2) is 40.3 Å². The zero-order valence-corrected chi connectivity index (χ0v) is 23.1. The number of nitrogens with one attached hydrogen (secondary N) is 1. The van der Waals surface area contributed by atoms with Gasteiger partial charge in [0.1, 0.15) is 16.1 Å². The maximum absolute atomic E-state index is 5.52. The Labute approximate surface area is 220 Å². The summed E-state index contributed by atoms with van der Waals surface area (Å²) in [6.45, 7) is 8.43. The van der Waals surface area contributed by atoms with Crippen molar-refractivity contribution in [1.82, 2.24) is 19.6 Å². The van der Waals surface area contributed by atoms with Gasteiger partial charge in [-0.3, -0.25) is 0 Å². The second kappa shape index (κ2) is 11.6. The number of fused-ring (bicyclic) bond motifs is 1. The summed E-state index contributed by atoms with van der Waals surface area (Å²) in [5.74, 6) is 2.97. The smallest absolute Gasteiger partial charge is 0.243 e. The quantitative estimate of drug-likeness (QED) is 0.231. The Kier molecular flexibility index (Phi) is 8.30. The highest BCUT2D eigenvalue weighted by molar-refractivity contribution is 9.10. The SMILES string of the molecule is CCCCNc1nc(N(Cc2cc(OC)ccc2C)Cc2cc(OC)ccc2C)c2ncc(Br)n2n1. The van der Waals surface area contributed by atoms with Crippen molar-refractivity contribution in [3.8, 4) is 11.5 Å². The number of aryl methyl sites for hydroxylation is 2. The van der Waals surface area contributed by atoms with E-state index in [1.807, 2.05) is 12.1 Å². The molecule has 8 nitrogen and oxygen atoms in total. The van der Waals surface area contributed by atoms with E-state index in [2.05, 4.69) is 81.3 Å². The molecule has 36 heavy (non-hydrogen) atoms. The third-order valence-corrected chi connectivity index (χ3v) is 6.79. The van der Waals surface area contributed by atoms with E-state index in [0.717, 1.165) is 52.4 Å². The van der Waals surface area contributed by atoms with Crippen LogP contribution >= 0.6 is 15.9 Å². The van der Waals surface area contributed by atoms with Gasteiger partial charge in [-0.25, -0.2) is 4.98 Å². The number of hydrogen-bond donors (Lipinski definition) is 1. The molecule has 1 N–H and O–H groups in total. The molecule has 0 saturated carbocycles. The van der Waals surface area contributed by atoms with Gasteiger partial charge in [-0.2, -0.15) is 9.50 Å². The van der Waals surface area contributed by atoms with Crippen molar-refractivity contribution >= 4 is 33.3 Å². The Morgan fingerprint density at radius 2 is 1.58 bits per heavy atom. The van der Waals surface area contributed by atoms with Crippen LogP contribution in [0.3, 0.4) is 0 Å². The number of hydrogen-bond acceptors (Lipinski definition) is 7. The monoisotopic (exact) mass is 552 g/mol. The van der Waals surface area contributed by atoms with Gasteiger partial charge >= 0.3 is 0 Å². The molecule has 0 fully saturated rings. The fraction of sp³-hybridized carbons (Fsp3) is 0.370. The number of methoxy groups -OCH3 is 2. The van der Waals surface area contributed by atoms with Crippen LogP contribution in [0.1, 0.15) is 42.0 Å². The van der Waals surface area contributed by atoms with Gasteiger partial charge in [0, 0.05) is 19.6 Å². The molecule has 0 saturated heterocycles. The first-order valence-corrected chi connectivity index (χ1v) is 12.9. The molecule has 0 bridgehead atoms. The summed E-state index contributed by atoms with van der Waals surface area (Å²) in [5, 5.41) is 8.05. The van der Waals surface area contributed by atoms with Gasteiger partial charge in [0.2, 0.25) is 5.95 Å². The highest BCUT2D eigenvalue weighted by atomic mass is 79.9. The summed E-state index contributed by atoms with van der Waals surface area (Å²) in [6, 6.07) is 12.3. The normalized spacial score (nSPS) is 11.1. The average Bonchev–Trinajstić information content (AvgIpc) is 3.26. The molecule has 2 aromatic carbocycles. The Balaban J connectivity index is 1.83. The van der Waals surface area contributed by atoms with E-state index in [-0.39, 0.29) is 0 Å². The summed E-state index contributed by atoms with van der Waals surface area (Å²) in [5.41, 5.74) is 5.35. The second-order valence-corrected chi connectivity index (χ2v) is 9.61. The standard InChI is InChI=1S/C27H33BrN6O2/c1-6-7-12-29-27-31-26(25-30-15-24(28)34(25)32-27)33(16-20-13-22(35-4)10-8-18(20)2)17-21-14-23(36-5)11-9-19(21)3/h8-11,13-15H,6-7,12,16-17H2,1-5H3,(H,29,32). The minimum atomic E-state index is 0.569. The molecular weight excluding hydrogens is 520 g/mol. The van der Waals surface area contributed by atoms with Crippen molar-refractivity contribution < 1.29 is 9.47 Å². The number of rotatable bonds is 11.